The zero-order valence-electron chi connectivity index (χ0n) is 11.3. The zero-order valence-corrected chi connectivity index (χ0v) is 11.3. The molecule has 1 N–H and O–H groups in total. The Labute approximate surface area is 113 Å². The lowest BCUT2D eigenvalue weighted by Gasteiger charge is -2.19. The fourth-order valence-corrected chi connectivity index (χ4v) is 1.85. The molecule has 0 aromatic carbocycles. The number of hydrogen-bond donors (Lipinski definition) is 1. The first kappa shape index (κ1) is 13.5. The summed E-state index contributed by atoms with van der Waals surface area (Å²) in [4.78, 5) is 10.7. The Morgan fingerprint density at radius 2 is 2.05 bits per heavy atom. The predicted octanol–water partition coefficient (Wildman–Crippen LogP) is 2.21. The lowest BCUT2D eigenvalue weighted by atomic mass is 10.1. The summed E-state index contributed by atoms with van der Waals surface area (Å²) in [6.07, 6.45) is 3.94. The van der Waals surface area contributed by atoms with Crippen molar-refractivity contribution in [3.8, 4) is 0 Å². The van der Waals surface area contributed by atoms with Crippen molar-refractivity contribution in [1.29, 1.82) is 0 Å². The van der Waals surface area contributed by atoms with Crippen LogP contribution in [0.1, 0.15) is 24.3 Å². The Morgan fingerprint density at radius 3 is 2.74 bits per heavy atom. The fourth-order valence-electron chi connectivity index (χ4n) is 1.85. The second-order valence-corrected chi connectivity index (χ2v) is 4.62. The third-order valence-corrected chi connectivity index (χ3v) is 3.07. The normalized spacial score (nSPS) is 12.2. The molecule has 1 atom stereocenters. The van der Waals surface area contributed by atoms with Crippen LogP contribution in [0.3, 0.4) is 0 Å². The van der Waals surface area contributed by atoms with Gasteiger partial charge in [-0.1, -0.05) is 6.07 Å². The number of aliphatic hydroxyl groups is 1. The average molecular weight is 257 g/mol. The summed E-state index contributed by atoms with van der Waals surface area (Å²) < 4.78 is 0. The van der Waals surface area contributed by atoms with Crippen LogP contribution < -0.4 is 4.90 Å². The molecule has 2 aromatic rings. The van der Waals surface area contributed by atoms with Crippen LogP contribution in [0.25, 0.3) is 0 Å². The molecule has 2 heterocycles. The second-order valence-electron chi connectivity index (χ2n) is 4.62. The largest absolute Gasteiger partial charge is 0.389 e. The summed E-state index contributed by atoms with van der Waals surface area (Å²) >= 11 is 0. The minimum absolute atomic E-state index is 0.467. The number of rotatable bonds is 5. The molecule has 4 nitrogen and oxygen atoms in total. The molecule has 2 aromatic heterocycles. The number of likely N-dealkylation sites (N-methyl/N-ethyl adjacent to an activating group) is 1. The van der Waals surface area contributed by atoms with Gasteiger partial charge >= 0.3 is 0 Å². The van der Waals surface area contributed by atoms with Crippen molar-refractivity contribution in [3.63, 3.8) is 0 Å². The molecule has 0 unspecified atom stereocenters. The topological polar surface area (TPSA) is 49.3 Å². The number of anilines is 1. The Balaban J connectivity index is 2.00. The molecule has 19 heavy (non-hydrogen) atoms. The van der Waals surface area contributed by atoms with Gasteiger partial charge in [-0.25, -0.2) is 4.98 Å². The monoisotopic (exact) mass is 257 g/mol. The number of nitrogens with zero attached hydrogens (tertiary/aromatic N) is 3. The molecule has 0 radical (unpaired) electrons. The molecule has 0 saturated heterocycles. The lowest BCUT2D eigenvalue weighted by molar-refractivity contribution is 0.199. The van der Waals surface area contributed by atoms with Crippen molar-refractivity contribution < 1.29 is 5.11 Å². The van der Waals surface area contributed by atoms with E-state index in [1.807, 2.05) is 43.6 Å². The maximum atomic E-state index is 9.58. The molecule has 0 aliphatic carbocycles. The average Bonchev–Trinajstić information content (AvgIpc) is 2.46. The van der Waals surface area contributed by atoms with Gasteiger partial charge in [-0.2, -0.15) is 0 Å². The highest BCUT2D eigenvalue weighted by molar-refractivity contribution is 5.40. The Bertz CT molecular complexity index is 514. The minimum Gasteiger partial charge on any atom is -0.389 e. The van der Waals surface area contributed by atoms with Crippen LogP contribution in [0, 0.1) is 0 Å². The third kappa shape index (κ3) is 3.76. The van der Waals surface area contributed by atoms with Crippen molar-refractivity contribution in [2.75, 3.05) is 18.5 Å². The van der Waals surface area contributed by atoms with Gasteiger partial charge in [0.1, 0.15) is 5.82 Å². The number of hydrogen-bond acceptors (Lipinski definition) is 4. The van der Waals surface area contributed by atoms with Gasteiger partial charge in [0.05, 0.1) is 6.10 Å². The van der Waals surface area contributed by atoms with Crippen molar-refractivity contribution >= 4 is 5.82 Å². The Hall–Kier alpha value is -1.94. The van der Waals surface area contributed by atoms with Gasteiger partial charge in [0.2, 0.25) is 0 Å². The summed E-state index contributed by atoms with van der Waals surface area (Å²) in [6, 6.07) is 9.69. The summed E-state index contributed by atoms with van der Waals surface area (Å²) in [5, 5.41) is 9.58. The van der Waals surface area contributed by atoms with Gasteiger partial charge in [-0.05, 0) is 36.8 Å². The standard InChI is InChI=1S/C15H19N3O/c1-12(19)13-6-9-17-15(11-13)18(2)10-7-14-5-3-4-8-16-14/h3-6,8-9,11-12,19H,7,10H2,1-2H3/t12-/m1/s1. The maximum absolute atomic E-state index is 9.58. The van der Waals surface area contributed by atoms with E-state index in [1.54, 1.807) is 13.1 Å². The smallest absolute Gasteiger partial charge is 0.128 e. The molecule has 100 valence electrons. The molecular formula is C15H19N3O. The molecule has 4 heteroatoms. The van der Waals surface area contributed by atoms with E-state index in [1.165, 1.54) is 0 Å². The van der Waals surface area contributed by atoms with Gasteiger partial charge in [0, 0.05) is 38.1 Å². The van der Waals surface area contributed by atoms with Crippen LogP contribution in [0.4, 0.5) is 5.82 Å². The molecule has 0 fully saturated rings. The van der Waals surface area contributed by atoms with E-state index < -0.39 is 6.10 Å². The number of aromatic nitrogens is 2. The predicted molar refractivity (Wildman–Crippen MR) is 76.1 cm³/mol. The zero-order chi connectivity index (χ0) is 13.7. The van der Waals surface area contributed by atoms with Crippen molar-refractivity contribution in [3.05, 3.63) is 54.0 Å². The highest BCUT2D eigenvalue weighted by atomic mass is 16.3. The summed E-state index contributed by atoms with van der Waals surface area (Å²) in [7, 11) is 2.00. The van der Waals surface area contributed by atoms with Crippen LogP contribution in [-0.4, -0.2) is 28.7 Å². The summed E-state index contributed by atoms with van der Waals surface area (Å²) in [5.74, 6) is 0.870. The maximum Gasteiger partial charge on any atom is 0.128 e. The van der Waals surface area contributed by atoms with Crippen LogP contribution in [-0.2, 0) is 6.42 Å². The van der Waals surface area contributed by atoms with E-state index in [0.29, 0.717) is 0 Å². The minimum atomic E-state index is -0.467. The van der Waals surface area contributed by atoms with Gasteiger partial charge in [-0.15, -0.1) is 0 Å². The molecule has 0 saturated carbocycles. The fraction of sp³-hybridized carbons (Fsp3) is 0.333. The van der Waals surface area contributed by atoms with E-state index in [4.69, 9.17) is 0 Å². The summed E-state index contributed by atoms with van der Waals surface area (Å²) in [6.45, 7) is 2.60. The van der Waals surface area contributed by atoms with Crippen molar-refractivity contribution in [2.24, 2.45) is 0 Å². The summed E-state index contributed by atoms with van der Waals surface area (Å²) in [5.41, 5.74) is 1.95. The van der Waals surface area contributed by atoms with Crippen molar-refractivity contribution in [2.45, 2.75) is 19.4 Å². The third-order valence-electron chi connectivity index (χ3n) is 3.07. The molecular weight excluding hydrogens is 238 g/mol. The van der Waals surface area contributed by atoms with E-state index in [2.05, 4.69) is 14.9 Å². The van der Waals surface area contributed by atoms with Gasteiger partial charge in [-0.3, -0.25) is 4.98 Å². The van der Waals surface area contributed by atoms with Crippen LogP contribution in [0.15, 0.2) is 42.7 Å². The van der Waals surface area contributed by atoms with Gasteiger partial charge in [0.15, 0.2) is 0 Å². The molecule has 0 aliphatic heterocycles. The van der Waals surface area contributed by atoms with E-state index in [0.717, 1.165) is 30.0 Å². The molecule has 0 spiro atoms. The van der Waals surface area contributed by atoms with Crippen LogP contribution in [0.5, 0.6) is 0 Å². The number of pyridine rings is 2. The van der Waals surface area contributed by atoms with E-state index in [-0.39, 0.29) is 0 Å². The highest BCUT2D eigenvalue weighted by Gasteiger charge is 2.06. The first-order chi connectivity index (χ1) is 9.16. The van der Waals surface area contributed by atoms with Crippen LogP contribution in [0.2, 0.25) is 0 Å². The molecule has 0 bridgehead atoms. The SMILES string of the molecule is C[C@@H](O)c1ccnc(N(C)CCc2ccccn2)c1. The van der Waals surface area contributed by atoms with Crippen LogP contribution >= 0.6 is 0 Å². The van der Waals surface area contributed by atoms with Crippen molar-refractivity contribution in [1.82, 2.24) is 9.97 Å². The second kappa shape index (κ2) is 6.29. The van der Waals surface area contributed by atoms with E-state index >= 15 is 0 Å². The van der Waals surface area contributed by atoms with Gasteiger partial charge in [0.25, 0.3) is 0 Å². The highest BCUT2D eigenvalue weighted by Crippen LogP contribution is 2.17. The quantitative estimate of drug-likeness (QED) is 0.892. The molecule has 0 aliphatic rings. The van der Waals surface area contributed by atoms with E-state index in [9.17, 15) is 5.11 Å². The Kier molecular flexibility index (Phi) is 4.47. The first-order valence-corrected chi connectivity index (χ1v) is 6.42. The Morgan fingerprint density at radius 1 is 1.21 bits per heavy atom. The first-order valence-electron chi connectivity index (χ1n) is 6.42. The molecule has 0 amide bonds. The molecule has 2 rings (SSSR count). The number of aliphatic hydroxyl groups excluding tert-OH is 1. The van der Waals surface area contributed by atoms with Gasteiger partial charge < -0.3 is 10.0 Å². The lowest BCUT2D eigenvalue weighted by Crippen LogP contribution is -2.21.